The van der Waals surface area contributed by atoms with Crippen molar-refractivity contribution >= 4 is 5.91 Å². The van der Waals surface area contributed by atoms with Crippen molar-refractivity contribution < 1.29 is 19.0 Å². The van der Waals surface area contributed by atoms with E-state index < -0.39 is 0 Å². The highest BCUT2D eigenvalue weighted by molar-refractivity contribution is 5.78. The summed E-state index contributed by atoms with van der Waals surface area (Å²) in [6.45, 7) is 4.66. The first-order valence-electron chi connectivity index (χ1n) is 8.06. The van der Waals surface area contributed by atoms with Crippen LogP contribution in [-0.2, 0) is 9.53 Å². The number of carbonyl (C=O) groups excluding carboxylic acids is 1. The number of fused-ring (bicyclic) bond motifs is 1. The molecule has 2 saturated heterocycles. The predicted octanol–water partition coefficient (Wildman–Crippen LogP) is 1.05. The lowest BCUT2D eigenvalue weighted by molar-refractivity contribution is -0.123. The second-order valence-corrected chi connectivity index (χ2v) is 6.19. The summed E-state index contributed by atoms with van der Waals surface area (Å²) in [5, 5.41) is 3.06. The molecule has 0 bridgehead atoms. The van der Waals surface area contributed by atoms with Crippen LogP contribution in [0.1, 0.15) is 13.3 Å². The second kappa shape index (κ2) is 7.19. The SMILES string of the molecule is COc1ccccc1OCC(=O)N[C@H]1C[C@H]2CO[C@@H](C)CN2C1. The van der Waals surface area contributed by atoms with Crippen molar-refractivity contribution in [3.63, 3.8) is 0 Å². The number of methoxy groups -OCH3 is 1. The van der Waals surface area contributed by atoms with E-state index >= 15 is 0 Å². The Bertz CT molecular complexity index is 551. The fraction of sp³-hybridized carbons (Fsp3) is 0.588. The molecule has 6 nitrogen and oxygen atoms in total. The van der Waals surface area contributed by atoms with Crippen LogP contribution in [0.25, 0.3) is 0 Å². The second-order valence-electron chi connectivity index (χ2n) is 6.19. The van der Waals surface area contributed by atoms with Crippen molar-refractivity contribution in [1.82, 2.24) is 10.2 Å². The quantitative estimate of drug-likeness (QED) is 0.879. The van der Waals surface area contributed by atoms with Crippen LogP contribution in [-0.4, -0.2) is 62.4 Å². The van der Waals surface area contributed by atoms with Gasteiger partial charge in [-0.2, -0.15) is 0 Å². The predicted molar refractivity (Wildman–Crippen MR) is 85.8 cm³/mol. The fourth-order valence-electron chi connectivity index (χ4n) is 3.29. The summed E-state index contributed by atoms with van der Waals surface area (Å²) in [5.41, 5.74) is 0. The molecule has 3 atom stereocenters. The molecule has 0 unspecified atom stereocenters. The van der Waals surface area contributed by atoms with Crippen LogP contribution in [0.5, 0.6) is 11.5 Å². The van der Waals surface area contributed by atoms with Gasteiger partial charge in [0.2, 0.25) is 0 Å². The van der Waals surface area contributed by atoms with Gasteiger partial charge in [-0.25, -0.2) is 0 Å². The molecule has 0 saturated carbocycles. The normalized spacial score (nSPS) is 27.3. The van der Waals surface area contributed by atoms with Crippen molar-refractivity contribution in [2.45, 2.75) is 31.5 Å². The Morgan fingerprint density at radius 2 is 2.13 bits per heavy atom. The van der Waals surface area contributed by atoms with Crippen LogP contribution >= 0.6 is 0 Å². The summed E-state index contributed by atoms with van der Waals surface area (Å²) in [4.78, 5) is 14.5. The highest BCUT2D eigenvalue weighted by atomic mass is 16.5. The number of rotatable bonds is 5. The van der Waals surface area contributed by atoms with E-state index in [1.54, 1.807) is 13.2 Å². The first-order chi connectivity index (χ1) is 11.2. The lowest BCUT2D eigenvalue weighted by Crippen LogP contribution is -2.45. The minimum atomic E-state index is -0.102. The molecule has 0 aliphatic carbocycles. The number of nitrogens with zero attached hydrogens (tertiary/aromatic N) is 1. The molecule has 0 aromatic heterocycles. The summed E-state index contributed by atoms with van der Waals surface area (Å²) in [6, 6.07) is 7.91. The molecule has 0 radical (unpaired) electrons. The Hall–Kier alpha value is -1.79. The standard InChI is InChI=1S/C17H24N2O4/c1-12-8-19-9-13(7-14(19)10-22-12)18-17(20)11-23-16-6-4-3-5-15(16)21-2/h3-6,12-14H,7-11H2,1-2H3,(H,18,20)/t12-,13-,14-/m0/s1. The minimum absolute atomic E-state index is 0.00551. The number of hydrogen-bond acceptors (Lipinski definition) is 5. The molecule has 2 fully saturated rings. The molecule has 1 amide bonds. The van der Waals surface area contributed by atoms with Gasteiger partial charge in [0.15, 0.2) is 18.1 Å². The number of carbonyl (C=O) groups is 1. The van der Waals surface area contributed by atoms with Crippen molar-refractivity contribution in [2.24, 2.45) is 0 Å². The van der Waals surface area contributed by atoms with Gasteiger partial charge in [-0.15, -0.1) is 0 Å². The number of morpholine rings is 1. The maximum atomic E-state index is 12.1. The lowest BCUT2D eigenvalue weighted by Gasteiger charge is -2.33. The summed E-state index contributed by atoms with van der Waals surface area (Å²) >= 11 is 0. The van der Waals surface area contributed by atoms with Gasteiger partial charge in [-0.1, -0.05) is 12.1 Å². The monoisotopic (exact) mass is 320 g/mol. The zero-order valence-electron chi connectivity index (χ0n) is 13.7. The number of benzene rings is 1. The third-order valence-corrected chi connectivity index (χ3v) is 4.39. The van der Waals surface area contributed by atoms with Gasteiger partial charge in [0.1, 0.15) is 0 Å². The van der Waals surface area contributed by atoms with Crippen LogP contribution in [0, 0.1) is 0 Å². The maximum absolute atomic E-state index is 12.1. The summed E-state index contributed by atoms with van der Waals surface area (Å²) in [7, 11) is 1.58. The molecule has 1 N–H and O–H groups in total. The third kappa shape index (κ3) is 3.95. The number of para-hydroxylation sites is 2. The van der Waals surface area contributed by atoms with Gasteiger partial charge in [0.25, 0.3) is 5.91 Å². The number of hydrogen-bond donors (Lipinski definition) is 1. The first-order valence-corrected chi connectivity index (χ1v) is 8.06. The third-order valence-electron chi connectivity index (χ3n) is 4.39. The minimum Gasteiger partial charge on any atom is -0.493 e. The Labute approximate surface area is 136 Å². The van der Waals surface area contributed by atoms with Crippen LogP contribution in [0.2, 0.25) is 0 Å². The highest BCUT2D eigenvalue weighted by Gasteiger charge is 2.36. The topological polar surface area (TPSA) is 60.0 Å². The Morgan fingerprint density at radius 3 is 2.91 bits per heavy atom. The van der Waals surface area contributed by atoms with E-state index in [0.717, 1.165) is 26.1 Å². The van der Waals surface area contributed by atoms with Gasteiger partial charge in [-0.3, -0.25) is 9.69 Å². The first kappa shape index (κ1) is 16.1. The smallest absolute Gasteiger partial charge is 0.258 e. The van der Waals surface area contributed by atoms with Crippen molar-refractivity contribution in [1.29, 1.82) is 0 Å². The van der Waals surface area contributed by atoms with Gasteiger partial charge in [0.05, 0.1) is 19.8 Å². The van der Waals surface area contributed by atoms with Gasteiger partial charge < -0.3 is 19.5 Å². The molecule has 2 aliphatic rings. The molecule has 1 aromatic rings. The van der Waals surface area contributed by atoms with Crippen LogP contribution in [0.3, 0.4) is 0 Å². The van der Waals surface area contributed by atoms with Gasteiger partial charge >= 0.3 is 0 Å². The Balaban J connectivity index is 1.47. The number of amides is 1. The molecular weight excluding hydrogens is 296 g/mol. The zero-order valence-corrected chi connectivity index (χ0v) is 13.7. The van der Waals surface area contributed by atoms with Crippen molar-refractivity contribution in [3.8, 4) is 11.5 Å². The van der Waals surface area contributed by atoms with Crippen LogP contribution in [0.4, 0.5) is 0 Å². The molecule has 126 valence electrons. The van der Waals surface area contributed by atoms with E-state index in [2.05, 4.69) is 17.1 Å². The number of ether oxygens (including phenoxy) is 3. The average molecular weight is 320 g/mol. The Kier molecular flexibility index (Phi) is 5.03. The largest absolute Gasteiger partial charge is 0.493 e. The van der Waals surface area contributed by atoms with E-state index in [0.29, 0.717) is 17.5 Å². The maximum Gasteiger partial charge on any atom is 0.258 e. The molecule has 2 heterocycles. The van der Waals surface area contributed by atoms with E-state index in [-0.39, 0.29) is 24.7 Å². The molecule has 1 aromatic carbocycles. The van der Waals surface area contributed by atoms with Gasteiger partial charge in [0, 0.05) is 25.2 Å². The van der Waals surface area contributed by atoms with Crippen molar-refractivity contribution in [2.75, 3.05) is 33.4 Å². The van der Waals surface area contributed by atoms with E-state index in [1.165, 1.54) is 0 Å². The summed E-state index contributed by atoms with van der Waals surface area (Å²) in [6.07, 6.45) is 1.21. The molecule has 3 rings (SSSR count). The zero-order chi connectivity index (χ0) is 16.2. The molecule has 2 aliphatic heterocycles. The summed E-state index contributed by atoms with van der Waals surface area (Å²) < 4.78 is 16.5. The van der Waals surface area contributed by atoms with Crippen molar-refractivity contribution in [3.05, 3.63) is 24.3 Å². The van der Waals surface area contributed by atoms with E-state index in [9.17, 15) is 4.79 Å². The highest BCUT2D eigenvalue weighted by Crippen LogP contribution is 2.26. The summed E-state index contributed by atoms with van der Waals surface area (Å²) in [5.74, 6) is 1.11. The van der Waals surface area contributed by atoms with E-state index in [4.69, 9.17) is 14.2 Å². The molecule has 6 heteroatoms. The average Bonchev–Trinajstić information content (AvgIpc) is 2.94. The molecule has 23 heavy (non-hydrogen) atoms. The Morgan fingerprint density at radius 1 is 1.35 bits per heavy atom. The number of nitrogens with one attached hydrogen (secondary N) is 1. The van der Waals surface area contributed by atoms with E-state index in [1.807, 2.05) is 18.2 Å². The molecule has 0 spiro atoms. The van der Waals surface area contributed by atoms with Gasteiger partial charge in [-0.05, 0) is 25.5 Å². The van der Waals surface area contributed by atoms with Crippen LogP contribution < -0.4 is 14.8 Å². The van der Waals surface area contributed by atoms with Crippen LogP contribution in [0.15, 0.2) is 24.3 Å². The fourth-order valence-corrected chi connectivity index (χ4v) is 3.29. The lowest BCUT2D eigenvalue weighted by atomic mass is 10.1. The molecular formula is C17H24N2O4.